The number of halogens is 2. The van der Waals surface area contributed by atoms with Crippen molar-refractivity contribution < 1.29 is 29.1 Å². The van der Waals surface area contributed by atoms with Gasteiger partial charge in [-0.15, -0.1) is 0 Å². The molecule has 0 heterocycles. The topological polar surface area (TPSA) is 0 Å². The van der Waals surface area contributed by atoms with Crippen molar-refractivity contribution in [2.45, 2.75) is 0 Å². The molecule has 0 rings (SSSR count). The summed E-state index contributed by atoms with van der Waals surface area (Å²) in [6.45, 7) is 0. The van der Waals surface area contributed by atoms with Gasteiger partial charge in [0.1, 0.15) is 0 Å². The third-order valence-electron chi connectivity index (χ3n) is 0. The van der Waals surface area contributed by atoms with Crippen molar-refractivity contribution in [1.29, 1.82) is 0 Å². The second-order valence-corrected chi connectivity index (χ2v) is 0. The van der Waals surface area contributed by atoms with E-state index in [4.69, 9.17) is 0 Å². The molecule has 0 nitrogen and oxygen atoms in total. The minimum Gasteiger partial charge on any atom is -1.00 e. The van der Waals surface area contributed by atoms with Crippen LogP contribution in [0.25, 0.3) is 0 Å². The molecule has 0 atom stereocenters. The summed E-state index contributed by atoms with van der Waals surface area (Å²) in [5, 5.41) is 0. The molecule has 0 amide bonds. The van der Waals surface area contributed by atoms with Gasteiger partial charge in [-0.25, -0.2) is 0 Å². The number of hydrogen-bond acceptors (Lipinski definition) is 0. The van der Waals surface area contributed by atoms with Gasteiger partial charge >= 0.3 is 76.9 Å². The zero-order chi connectivity index (χ0) is 0. The molecule has 0 unspecified atom stereocenters. The monoisotopic (exact) mass is 153 g/mol. The summed E-state index contributed by atoms with van der Waals surface area (Å²) in [5.41, 5.74) is 0. The van der Waals surface area contributed by atoms with Crippen LogP contribution in [0.2, 0.25) is 0 Å². The smallest absolute Gasteiger partial charge is 1.00 e. The average Bonchev–Trinajstić information content (AvgIpc) is 0. The molecule has 0 aromatic rings. The summed E-state index contributed by atoms with van der Waals surface area (Å²) >= 11 is 0. The molecule has 0 aliphatic heterocycles. The minimum absolute atomic E-state index is 0. The van der Waals surface area contributed by atoms with Crippen molar-refractivity contribution >= 4 is 75.5 Å². The van der Waals surface area contributed by atoms with E-state index in [0.717, 1.165) is 0 Å². The van der Waals surface area contributed by atoms with Gasteiger partial charge in [0.05, 0.1) is 0 Å². The Kier molecular flexibility index (Phi) is 113. The second kappa shape index (κ2) is 16.5. The summed E-state index contributed by atoms with van der Waals surface area (Å²) in [5.74, 6) is 0. The quantitative estimate of drug-likeness (QED) is 0.304. The predicted molar refractivity (Wildman–Crippen MR) is 14.8 cm³/mol. The molecule has 4 heavy (non-hydrogen) atoms. The fourth-order valence-electron chi connectivity index (χ4n) is 0. The molecule has 0 spiro atoms. The third-order valence-corrected chi connectivity index (χ3v) is 0. The van der Waals surface area contributed by atoms with Crippen LogP contribution in [0.15, 0.2) is 0 Å². The van der Waals surface area contributed by atoms with Crippen LogP contribution < -0.4 is 24.8 Å². The molecule has 0 saturated carbocycles. The summed E-state index contributed by atoms with van der Waals surface area (Å²) < 4.78 is 0. The first-order valence-corrected chi connectivity index (χ1v) is 0. The van der Waals surface area contributed by atoms with Crippen LogP contribution in [-0.2, 0) is 0 Å². The molecule has 20 valence electrons. The van der Waals surface area contributed by atoms with Gasteiger partial charge in [-0.2, -0.15) is 0 Å². The van der Waals surface area contributed by atoms with Crippen LogP contribution in [0.4, 0.5) is 0 Å². The fraction of sp³-hybridized carbons (Fsp3) is 0. The molecule has 0 bridgehead atoms. The van der Waals surface area contributed by atoms with Gasteiger partial charge in [-0.3, -0.25) is 0 Å². The number of hydrogen-bond donors (Lipinski definition) is 0. The Morgan fingerprint density at radius 1 is 1.00 bits per heavy atom. The summed E-state index contributed by atoms with van der Waals surface area (Å²) in [7, 11) is 0. The molecule has 0 aliphatic rings. The molecule has 0 N–H and O–H groups in total. The second-order valence-electron chi connectivity index (χ2n) is 0. The molecule has 0 saturated heterocycles. The first-order valence-electron chi connectivity index (χ1n) is 0. The van der Waals surface area contributed by atoms with Crippen molar-refractivity contribution in [2.75, 3.05) is 0 Å². The maximum absolute atomic E-state index is 0. The number of rotatable bonds is 0. The Balaban J connectivity index is 0. The molecule has 0 aromatic heterocycles. The van der Waals surface area contributed by atoms with Crippen LogP contribution in [0, 0.1) is 0 Å². The van der Waals surface area contributed by atoms with Gasteiger partial charge in [0, 0.05) is 0 Å². The van der Waals surface area contributed by atoms with E-state index >= 15 is 0 Å². The van der Waals surface area contributed by atoms with Crippen LogP contribution in [0.1, 0.15) is 4.28 Å². The average molecular weight is 154 g/mol. The molecule has 4 heteroatoms. The van der Waals surface area contributed by atoms with Crippen molar-refractivity contribution in [3.63, 3.8) is 0 Å². The Morgan fingerprint density at radius 2 is 1.00 bits per heavy atom. The van der Waals surface area contributed by atoms with E-state index in [1.807, 2.05) is 0 Å². The predicted octanol–water partition coefficient (Wildman–Crippen LogP) is -6.42. The first-order chi connectivity index (χ1) is 0. The standard InChI is InChI=1S/2Ca.2ClH.2H/h;;2*1H;;/q2*+2;;;2*-1/p-1. The molecular formula is H3Ca2Cl2+. The van der Waals surface area contributed by atoms with Crippen molar-refractivity contribution in [2.24, 2.45) is 0 Å². The Morgan fingerprint density at radius 3 is 1.00 bits per heavy atom. The van der Waals surface area contributed by atoms with E-state index in [9.17, 15) is 0 Å². The van der Waals surface area contributed by atoms with Crippen molar-refractivity contribution in [3.05, 3.63) is 0 Å². The molecule has 0 fully saturated rings. The summed E-state index contributed by atoms with van der Waals surface area (Å²) in [4.78, 5) is 0. The van der Waals surface area contributed by atoms with Gasteiger partial charge in [0.15, 0.2) is 0 Å². The van der Waals surface area contributed by atoms with Gasteiger partial charge < -0.3 is 27.7 Å². The molecular weight excluding hydrogens is 151 g/mol. The van der Waals surface area contributed by atoms with E-state index in [2.05, 4.69) is 0 Å². The summed E-state index contributed by atoms with van der Waals surface area (Å²) in [6.07, 6.45) is 0. The van der Waals surface area contributed by atoms with Gasteiger partial charge in [0.2, 0.25) is 0 Å². The molecule has 0 aromatic carbocycles. The van der Waals surface area contributed by atoms with Gasteiger partial charge in [0.25, 0.3) is 0 Å². The normalized spacial score (nSPS) is 0. The van der Waals surface area contributed by atoms with E-state index in [1.54, 1.807) is 0 Å². The Labute approximate surface area is 102 Å². The zero-order valence-electron chi connectivity index (χ0n) is 5.17. The van der Waals surface area contributed by atoms with Crippen LogP contribution in [0.5, 0.6) is 0 Å². The van der Waals surface area contributed by atoms with E-state index < -0.39 is 0 Å². The maximum Gasteiger partial charge on any atom is 2.00 e. The molecule has 0 radical (unpaired) electrons. The van der Waals surface area contributed by atoms with E-state index in [0.29, 0.717) is 0 Å². The van der Waals surface area contributed by atoms with Crippen molar-refractivity contribution in [3.8, 4) is 0 Å². The Bertz CT molecular complexity index is 10.9. The first kappa shape index (κ1) is 27.5. The fourth-order valence-corrected chi connectivity index (χ4v) is 0. The van der Waals surface area contributed by atoms with Crippen LogP contribution in [0.3, 0.4) is 0 Å². The van der Waals surface area contributed by atoms with Crippen molar-refractivity contribution in [1.82, 2.24) is 0 Å². The maximum atomic E-state index is 0. The van der Waals surface area contributed by atoms with Gasteiger partial charge in [-0.05, 0) is 0 Å². The van der Waals surface area contributed by atoms with Gasteiger partial charge in [-0.1, -0.05) is 0 Å². The zero-order valence-corrected chi connectivity index (χ0v) is 8.10. The summed E-state index contributed by atoms with van der Waals surface area (Å²) in [6, 6.07) is 0. The Hall–Kier alpha value is 3.10. The van der Waals surface area contributed by atoms with E-state index in [-0.39, 0.29) is 105 Å². The molecule has 0 aliphatic carbocycles. The van der Waals surface area contributed by atoms with E-state index in [1.165, 1.54) is 0 Å². The minimum atomic E-state index is 0. The largest absolute Gasteiger partial charge is 2.00 e. The third kappa shape index (κ3) is 8.92. The van der Waals surface area contributed by atoms with Crippen LogP contribution >= 0.6 is 0 Å². The van der Waals surface area contributed by atoms with Crippen LogP contribution in [-0.4, -0.2) is 75.5 Å². The SMILES string of the molecule is [Ca+2].[Ca+2].[Cl-].[Cl-].[H+].[H-].[H-].